The van der Waals surface area contributed by atoms with E-state index in [1.165, 1.54) is 17.7 Å². The molecule has 3 aromatic heterocycles. The zero-order chi connectivity index (χ0) is 17.9. The van der Waals surface area contributed by atoms with Gasteiger partial charge in [0.15, 0.2) is 11.3 Å². The molecule has 4 heterocycles. The van der Waals surface area contributed by atoms with Gasteiger partial charge >= 0.3 is 0 Å². The van der Waals surface area contributed by atoms with Crippen molar-refractivity contribution in [3.63, 3.8) is 0 Å². The first kappa shape index (κ1) is 15.5. The summed E-state index contributed by atoms with van der Waals surface area (Å²) in [4.78, 5) is 26.5. The van der Waals surface area contributed by atoms with Crippen molar-refractivity contribution in [1.82, 2.24) is 20.0 Å². The highest BCUT2D eigenvalue weighted by molar-refractivity contribution is 7.16. The monoisotopic (exact) mass is 367 g/mol. The lowest BCUT2D eigenvalue weighted by molar-refractivity contribution is 0.0925. The molecule has 0 atom stereocenters. The van der Waals surface area contributed by atoms with E-state index in [4.69, 9.17) is 0 Å². The van der Waals surface area contributed by atoms with E-state index in [1.807, 2.05) is 18.4 Å². The highest BCUT2D eigenvalue weighted by Crippen LogP contribution is 2.43. The number of fused-ring (bicyclic) bond motifs is 3. The fraction of sp³-hybridized carbons (Fsp3) is 0.333. The Balaban J connectivity index is 1.79. The van der Waals surface area contributed by atoms with Crippen LogP contribution in [0, 0.1) is 6.92 Å². The molecule has 0 aromatic carbocycles. The van der Waals surface area contributed by atoms with E-state index in [-0.39, 0.29) is 5.91 Å². The molecule has 1 aliphatic carbocycles. The molecule has 0 unspecified atom stereocenters. The van der Waals surface area contributed by atoms with Gasteiger partial charge in [-0.05, 0) is 42.8 Å². The summed E-state index contributed by atoms with van der Waals surface area (Å²) < 4.78 is 1.08. The summed E-state index contributed by atoms with van der Waals surface area (Å²) in [5, 5.41) is 16.8. The van der Waals surface area contributed by atoms with Crippen molar-refractivity contribution in [3.05, 3.63) is 46.1 Å². The molecule has 1 spiro atoms. The van der Waals surface area contributed by atoms with Crippen LogP contribution in [0.1, 0.15) is 47.3 Å². The second-order valence-electron chi connectivity index (χ2n) is 6.91. The average molecular weight is 367 g/mol. The molecule has 5 rings (SSSR count). The van der Waals surface area contributed by atoms with Crippen LogP contribution in [0.15, 0.2) is 28.8 Å². The average Bonchev–Trinajstić information content (AvgIpc) is 3.32. The Morgan fingerprint density at radius 2 is 2.15 bits per heavy atom. The molecular weight excluding hydrogens is 350 g/mol. The van der Waals surface area contributed by atoms with Crippen LogP contribution in [0.2, 0.25) is 0 Å². The molecule has 8 heteroatoms. The standard InChI is InChI=1S/C18H17N5O2S/c1-10-8-12(21-15-11-4-7-26-17(11)20-9-19-15)23(25)14-13(10)16(24)22-18(14)5-2-3-6-18/h4,7-9,25H,2-3,5-6H2,1H3,(H,22,24)/b21-12+. The third kappa shape index (κ3) is 2.05. The maximum Gasteiger partial charge on any atom is 0.254 e. The third-order valence-electron chi connectivity index (χ3n) is 5.36. The number of carbonyl (C=O) groups excluding carboxylic acids is 1. The molecule has 0 radical (unpaired) electrons. The quantitative estimate of drug-likeness (QED) is 0.647. The smallest absolute Gasteiger partial charge is 0.254 e. The number of hydrogen-bond donors (Lipinski definition) is 2. The van der Waals surface area contributed by atoms with Gasteiger partial charge < -0.3 is 10.5 Å². The Labute approximate surface area is 153 Å². The van der Waals surface area contributed by atoms with E-state index in [9.17, 15) is 10.0 Å². The number of nitrogens with zero attached hydrogens (tertiary/aromatic N) is 4. The van der Waals surface area contributed by atoms with Crippen molar-refractivity contribution < 1.29 is 10.0 Å². The Morgan fingerprint density at radius 3 is 2.96 bits per heavy atom. The zero-order valence-electron chi connectivity index (χ0n) is 14.2. The molecule has 2 N–H and O–H groups in total. The summed E-state index contributed by atoms with van der Waals surface area (Å²) in [6.07, 6.45) is 5.20. The van der Waals surface area contributed by atoms with E-state index in [0.717, 1.165) is 46.2 Å². The van der Waals surface area contributed by atoms with E-state index in [0.29, 0.717) is 22.6 Å². The molecule has 7 nitrogen and oxygen atoms in total. The SMILES string of the molecule is Cc1c/c(=N\c2ncnc3sccc23)n(O)c2c1C(=O)NC21CCCC1. The van der Waals surface area contributed by atoms with E-state index in [2.05, 4.69) is 20.3 Å². The minimum Gasteiger partial charge on any atom is -0.427 e. The van der Waals surface area contributed by atoms with E-state index < -0.39 is 5.54 Å². The van der Waals surface area contributed by atoms with Gasteiger partial charge in [0.1, 0.15) is 11.2 Å². The van der Waals surface area contributed by atoms with Crippen LogP contribution < -0.4 is 10.8 Å². The van der Waals surface area contributed by atoms with Crippen molar-refractivity contribution in [2.75, 3.05) is 0 Å². The van der Waals surface area contributed by atoms with Gasteiger partial charge in [-0.2, -0.15) is 4.73 Å². The van der Waals surface area contributed by atoms with Gasteiger partial charge in [-0.15, -0.1) is 11.3 Å². The van der Waals surface area contributed by atoms with Gasteiger partial charge in [0, 0.05) is 0 Å². The first-order chi connectivity index (χ1) is 12.6. The molecule has 0 saturated heterocycles. The fourth-order valence-electron chi connectivity index (χ4n) is 4.20. The van der Waals surface area contributed by atoms with Crippen molar-refractivity contribution >= 4 is 33.3 Å². The molecule has 26 heavy (non-hydrogen) atoms. The van der Waals surface area contributed by atoms with E-state index in [1.54, 1.807) is 6.07 Å². The van der Waals surface area contributed by atoms with Crippen LogP contribution in [-0.2, 0) is 5.54 Å². The number of pyridine rings is 1. The van der Waals surface area contributed by atoms with Crippen LogP contribution in [0.4, 0.5) is 5.82 Å². The van der Waals surface area contributed by atoms with Crippen LogP contribution in [-0.4, -0.2) is 25.8 Å². The van der Waals surface area contributed by atoms with Crippen molar-refractivity contribution in [2.24, 2.45) is 4.99 Å². The number of aryl methyl sites for hydroxylation is 1. The Hall–Kier alpha value is -2.74. The Bertz CT molecular complexity index is 1120. The minimum absolute atomic E-state index is 0.115. The first-order valence-electron chi connectivity index (χ1n) is 8.61. The predicted molar refractivity (Wildman–Crippen MR) is 96.6 cm³/mol. The van der Waals surface area contributed by atoms with Crippen LogP contribution in [0.3, 0.4) is 0 Å². The number of carbonyl (C=O) groups is 1. The summed E-state index contributed by atoms with van der Waals surface area (Å²) in [6, 6.07) is 3.65. The third-order valence-corrected chi connectivity index (χ3v) is 6.18. The molecule has 3 aromatic rings. The van der Waals surface area contributed by atoms with Gasteiger partial charge in [-0.3, -0.25) is 4.79 Å². The maximum atomic E-state index is 12.5. The summed E-state index contributed by atoms with van der Waals surface area (Å²) in [6.45, 7) is 1.88. The van der Waals surface area contributed by atoms with Crippen LogP contribution in [0.25, 0.3) is 10.2 Å². The highest BCUT2D eigenvalue weighted by Gasteiger charge is 2.48. The van der Waals surface area contributed by atoms with Crippen molar-refractivity contribution in [2.45, 2.75) is 38.1 Å². The number of nitrogens with one attached hydrogen (secondary N) is 1. The second-order valence-corrected chi connectivity index (χ2v) is 7.81. The Morgan fingerprint density at radius 1 is 1.35 bits per heavy atom. The molecule has 2 aliphatic rings. The van der Waals surface area contributed by atoms with Crippen LogP contribution in [0.5, 0.6) is 0 Å². The van der Waals surface area contributed by atoms with Gasteiger partial charge in [-0.25, -0.2) is 15.0 Å². The summed E-state index contributed by atoms with van der Waals surface area (Å²) in [5.74, 6) is 0.396. The van der Waals surface area contributed by atoms with Gasteiger partial charge in [0.25, 0.3) is 5.91 Å². The lowest BCUT2D eigenvalue weighted by Crippen LogP contribution is -2.39. The summed E-state index contributed by atoms with van der Waals surface area (Å²) in [7, 11) is 0. The first-order valence-corrected chi connectivity index (χ1v) is 9.49. The summed E-state index contributed by atoms with van der Waals surface area (Å²) >= 11 is 1.52. The maximum absolute atomic E-state index is 12.5. The highest BCUT2D eigenvalue weighted by atomic mass is 32.1. The molecule has 1 fully saturated rings. The summed E-state index contributed by atoms with van der Waals surface area (Å²) in [5.41, 5.74) is 1.89. The van der Waals surface area contributed by atoms with E-state index >= 15 is 0 Å². The largest absolute Gasteiger partial charge is 0.427 e. The topological polar surface area (TPSA) is 92.4 Å². The molecule has 0 bridgehead atoms. The normalized spacial score (nSPS) is 18.7. The van der Waals surface area contributed by atoms with Gasteiger partial charge in [-0.1, -0.05) is 12.8 Å². The van der Waals surface area contributed by atoms with Gasteiger partial charge in [0.05, 0.1) is 22.2 Å². The number of aromatic nitrogens is 3. The lowest BCUT2D eigenvalue weighted by atomic mass is 9.92. The lowest BCUT2D eigenvalue weighted by Gasteiger charge is -2.25. The number of hydrogen-bond acceptors (Lipinski definition) is 6. The van der Waals surface area contributed by atoms with Gasteiger partial charge in [0.2, 0.25) is 0 Å². The Kier molecular flexibility index (Phi) is 3.21. The molecule has 1 aliphatic heterocycles. The van der Waals surface area contributed by atoms with Crippen LogP contribution >= 0.6 is 11.3 Å². The molecule has 132 valence electrons. The second kappa shape index (κ2) is 5.38. The number of thiophene rings is 1. The predicted octanol–water partition coefficient (Wildman–Crippen LogP) is 2.78. The molecule has 1 amide bonds. The number of amides is 1. The van der Waals surface area contributed by atoms with Crippen molar-refractivity contribution in [3.8, 4) is 0 Å². The zero-order valence-corrected chi connectivity index (χ0v) is 15.0. The molecular formula is C18H17N5O2S. The van der Waals surface area contributed by atoms with Crippen molar-refractivity contribution in [1.29, 1.82) is 0 Å². The minimum atomic E-state index is -0.485. The number of rotatable bonds is 1. The fourth-order valence-corrected chi connectivity index (χ4v) is 4.92. The molecule has 1 saturated carbocycles.